The molecule has 5 nitrogen and oxygen atoms in total. The first-order valence-electron chi connectivity index (χ1n) is 10.0. The van der Waals surface area contributed by atoms with Crippen LogP contribution in [0.1, 0.15) is 25.0 Å². The SMILES string of the molecule is CCN(CC)C(=O)C1C=C2c3cccc4c3c(c(Br)n4COC)CC2N(C)C1. The van der Waals surface area contributed by atoms with E-state index in [1.807, 2.05) is 18.7 Å². The van der Waals surface area contributed by atoms with Gasteiger partial charge in [0.1, 0.15) is 6.73 Å². The summed E-state index contributed by atoms with van der Waals surface area (Å²) in [6, 6.07) is 6.76. The molecule has 1 aliphatic heterocycles. The average Bonchev–Trinajstić information content (AvgIpc) is 2.97. The van der Waals surface area contributed by atoms with Crippen molar-refractivity contribution in [3.05, 3.63) is 40.0 Å². The molecule has 1 amide bonds. The summed E-state index contributed by atoms with van der Waals surface area (Å²) in [6.07, 6.45) is 3.18. The Morgan fingerprint density at radius 2 is 2.07 bits per heavy atom. The highest BCUT2D eigenvalue weighted by Gasteiger charge is 2.37. The van der Waals surface area contributed by atoms with Crippen LogP contribution >= 0.6 is 15.9 Å². The number of amides is 1. The van der Waals surface area contributed by atoms with Crippen LogP contribution in [0.15, 0.2) is 28.9 Å². The molecule has 1 aromatic heterocycles. The van der Waals surface area contributed by atoms with Gasteiger partial charge >= 0.3 is 0 Å². The number of hydrogen-bond acceptors (Lipinski definition) is 3. The lowest BCUT2D eigenvalue weighted by Gasteiger charge is -2.40. The first kappa shape index (κ1) is 19.7. The van der Waals surface area contributed by atoms with Gasteiger partial charge in [0.25, 0.3) is 0 Å². The Kier molecular flexibility index (Phi) is 5.38. The number of methoxy groups -OCH3 is 1. The fourth-order valence-electron chi connectivity index (χ4n) is 4.84. The highest BCUT2D eigenvalue weighted by atomic mass is 79.9. The molecule has 4 rings (SSSR count). The zero-order valence-corrected chi connectivity index (χ0v) is 18.6. The van der Waals surface area contributed by atoms with Crippen LogP contribution in [0.2, 0.25) is 0 Å². The van der Waals surface area contributed by atoms with Crippen molar-refractivity contribution in [2.75, 3.05) is 33.8 Å². The highest BCUT2D eigenvalue weighted by Crippen LogP contribution is 2.44. The van der Waals surface area contributed by atoms with E-state index in [0.717, 1.165) is 30.7 Å². The van der Waals surface area contributed by atoms with Crippen LogP contribution in [0, 0.1) is 5.92 Å². The minimum atomic E-state index is -0.0857. The third kappa shape index (κ3) is 2.93. The molecule has 2 atom stereocenters. The second-order valence-electron chi connectivity index (χ2n) is 7.71. The highest BCUT2D eigenvalue weighted by molar-refractivity contribution is 9.10. The Labute approximate surface area is 175 Å². The van der Waals surface area contributed by atoms with Crippen molar-refractivity contribution in [1.29, 1.82) is 0 Å². The van der Waals surface area contributed by atoms with Crippen LogP contribution in [-0.2, 0) is 22.7 Å². The van der Waals surface area contributed by atoms with Gasteiger partial charge in [-0.1, -0.05) is 18.2 Å². The number of nitrogens with zero attached hydrogens (tertiary/aromatic N) is 3. The number of aromatic nitrogens is 1. The van der Waals surface area contributed by atoms with Crippen molar-refractivity contribution in [3.63, 3.8) is 0 Å². The van der Waals surface area contributed by atoms with E-state index < -0.39 is 0 Å². The van der Waals surface area contributed by atoms with E-state index in [1.165, 1.54) is 27.6 Å². The molecule has 0 spiro atoms. The van der Waals surface area contributed by atoms with Gasteiger partial charge in [-0.15, -0.1) is 0 Å². The van der Waals surface area contributed by atoms with Gasteiger partial charge in [-0.3, -0.25) is 9.69 Å². The number of likely N-dealkylation sites (N-methyl/N-ethyl adjacent to an activating group) is 1. The van der Waals surface area contributed by atoms with Crippen molar-refractivity contribution >= 4 is 38.3 Å². The molecule has 2 aromatic rings. The summed E-state index contributed by atoms with van der Waals surface area (Å²) in [4.78, 5) is 17.3. The van der Waals surface area contributed by atoms with Gasteiger partial charge in [0.05, 0.1) is 16.0 Å². The fraction of sp³-hybridized carbons (Fsp3) is 0.500. The van der Waals surface area contributed by atoms with Crippen LogP contribution in [0.5, 0.6) is 0 Å². The van der Waals surface area contributed by atoms with Crippen LogP contribution in [-0.4, -0.2) is 60.1 Å². The number of carbonyl (C=O) groups excluding carboxylic acids is 1. The van der Waals surface area contributed by atoms with Gasteiger partial charge in [-0.25, -0.2) is 0 Å². The molecule has 2 heterocycles. The van der Waals surface area contributed by atoms with Crippen molar-refractivity contribution in [2.45, 2.75) is 33.0 Å². The number of fused-ring (bicyclic) bond motifs is 2. The zero-order valence-electron chi connectivity index (χ0n) is 17.0. The summed E-state index contributed by atoms with van der Waals surface area (Å²) in [5.74, 6) is 0.149. The lowest BCUT2D eigenvalue weighted by molar-refractivity contribution is -0.134. The largest absolute Gasteiger partial charge is 0.364 e. The quantitative estimate of drug-likeness (QED) is 0.703. The van der Waals surface area contributed by atoms with Gasteiger partial charge in [0, 0.05) is 38.2 Å². The van der Waals surface area contributed by atoms with E-state index in [4.69, 9.17) is 4.74 Å². The maximum absolute atomic E-state index is 13.0. The number of carbonyl (C=O) groups is 1. The van der Waals surface area contributed by atoms with Crippen LogP contribution in [0.4, 0.5) is 0 Å². The molecule has 2 aliphatic rings. The minimum Gasteiger partial charge on any atom is -0.364 e. The first-order valence-corrected chi connectivity index (χ1v) is 10.8. The average molecular weight is 446 g/mol. The minimum absolute atomic E-state index is 0.0857. The summed E-state index contributed by atoms with van der Waals surface area (Å²) >= 11 is 3.82. The topological polar surface area (TPSA) is 37.7 Å². The standard InChI is InChI=1S/C22H28BrN3O2/c1-5-25(6-2)22(27)14-10-16-15-8-7-9-18-20(15)17(11-19(16)24(3)12-14)21(23)26(18)13-28-4/h7-10,14,19H,5-6,11-13H2,1-4H3. The third-order valence-electron chi connectivity index (χ3n) is 6.24. The Hall–Kier alpha value is -1.63. The lowest BCUT2D eigenvalue weighted by Crippen LogP contribution is -2.47. The van der Waals surface area contributed by atoms with Crippen LogP contribution in [0.3, 0.4) is 0 Å². The summed E-state index contributed by atoms with van der Waals surface area (Å²) in [6.45, 7) is 6.90. The maximum Gasteiger partial charge on any atom is 0.230 e. The van der Waals surface area contributed by atoms with Crippen molar-refractivity contribution < 1.29 is 9.53 Å². The third-order valence-corrected chi connectivity index (χ3v) is 7.14. The van der Waals surface area contributed by atoms with E-state index in [2.05, 4.69) is 56.7 Å². The lowest BCUT2D eigenvalue weighted by atomic mass is 9.79. The van der Waals surface area contributed by atoms with E-state index in [0.29, 0.717) is 12.8 Å². The number of benzene rings is 1. The molecule has 0 saturated heterocycles. The molecule has 0 radical (unpaired) electrons. The number of ether oxygens (including phenoxy) is 1. The molecule has 1 aliphatic carbocycles. The van der Waals surface area contributed by atoms with Gasteiger partial charge in [0.2, 0.25) is 5.91 Å². The molecule has 0 saturated carbocycles. The second-order valence-corrected chi connectivity index (χ2v) is 8.46. The van der Waals surface area contributed by atoms with E-state index in [9.17, 15) is 4.79 Å². The van der Waals surface area contributed by atoms with E-state index >= 15 is 0 Å². The summed E-state index contributed by atoms with van der Waals surface area (Å²) in [7, 11) is 3.87. The first-order chi connectivity index (χ1) is 13.5. The fourth-order valence-corrected chi connectivity index (χ4v) is 5.49. The predicted octanol–water partition coefficient (Wildman–Crippen LogP) is 3.75. The molecular weight excluding hydrogens is 418 g/mol. The van der Waals surface area contributed by atoms with Crippen molar-refractivity contribution in [3.8, 4) is 0 Å². The van der Waals surface area contributed by atoms with Crippen LogP contribution in [0.25, 0.3) is 16.5 Å². The predicted molar refractivity (Wildman–Crippen MR) is 116 cm³/mol. The Morgan fingerprint density at radius 3 is 2.75 bits per heavy atom. The van der Waals surface area contributed by atoms with Gasteiger partial charge < -0.3 is 14.2 Å². The Bertz CT molecular complexity index is 945. The summed E-state index contributed by atoms with van der Waals surface area (Å²) in [5, 5.41) is 1.29. The van der Waals surface area contributed by atoms with E-state index in [-0.39, 0.29) is 11.8 Å². The molecule has 2 unspecified atom stereocenters. The maximum atomic E-state index is 13.0. The Morgan fingerprint density at radius 1 is 1.32 bits per heavy atom. The smallest absolute Gasteiger partial charge is 0.230 e. The monoisotopic (exact) mass is 445 g/mol. The van der Waals surface area contributed by atoms with E-state index in [1.54, 1.807) is 7.11 Å². The molecule has 0 bridgehead atoms. The van der Waals surface area contributed by atoms with Gasteiger partial charge in [-0.2, -0.15) is 0 Å². The molecule has 1 aromatic carbocycles. The molecule has 28 heavy (non-hydrogen) atoms. The number of rotatable bonds is 5. The van der Waals surface area contributed by atoms with Crippen molar-refractivity contribution in [2.24, 2.45) is 5.92 Å². The van der Waals surface area contributed by atoms with Crippen LogP contribution < -0.4 is 0 Å². The van der Waals surface area contributed by atoms with Gasteiger partial charge in [0.15, 0.2) is 0 Å². The molecular formula is C22H28BrN3O2. The van der Waals surface area contributed by atoms with Crippen molar-refractivity contribution in [1.82, 2.24) is 14.4 Å². The molecule has 6 heteroatoms. The zero-order chi connectivity index (χ0) is 20.0. The van der Waals surface area contributed by atoms with Gasteiger partial charge in [-0.05, 0) is 66.0 Å². The summed E-state index contributed by atoms with van der Waals surface area (Å²) < 4.78 is 8.72. The second kappa shape index (κ2) is 7.65. The number of hydrogen-bond donors (Lipinski definition) is 0. The summed E-state index contributed by atoms with van der Waals surface area (Å²) in [5.41, 5.74) is 5.06. The number of halogens is 1. The Balaban J connectivity index is 1.85. The molecule has 150 valence electrons. The molecule has 0 N–H and O–H groups in total. The normalized spacial score (nSPS) is 21.5. The molecule has 0 fully saturated rings.